The molecule has 2 atom stereocenters. The first-order valence-corrected chi connectivity index (χ1v) is 13.4. The molecule has 1 aliphatic rings. The smallest absolute Gasteiger partial charge is 0.261 e. The van der Waals surface area contributed by atoms with Gasteiger partial charge in [0.2, 0.25) is 0 Å². The Hall–Kier alpha value is -3.42. The summed E-state index contributed by atoms with van der Waals surface area (Å²) >= 11 is 6.15. The van der Waals surface area contributed by atoms with Gasteiger partial charge in [-0.05, 0) is 50.0 Å². The third-order valence-corrected chi connectivity index (χ3v) is 8.37. The molecule has 182 valence electrons. The quantitative estimate of drug-likeness (QED) is 0.439. The van der Waals surface area contributed by atoms with Crippen LogP contribution >= 0.6 is 11.6 Å². The Bertz CT molecular complexity index is 1450. The number of anilines is 2. The van der Waals surface area contributed by atoms with Gasteiger partial charge in [0.15, 0.2) is 6.10 Å². The van der Waals surface area contributed by atoms with E-state index < -0.39 is 33.3 Å². The van der Waals surface area contributed by atoms with E-state index in [1.807, 2.05) is 6.07 Å². The molecule has 11 heteroatoms. The Labute approximate surface area is 208 Å². The minimum atomic E-state index is -1.30. The summed E-state index contributed by atoms with van der Waals surface area (Å²) in [6.45, 7) is 3.11. The van der Waals surface area contributed by atoms with E-state index >= 15 is 4.39 Å². The molecule has 1 saturated heterocycles. The number of nitrogens with one attached hydrogen (secondary N) is 2. The molecule has 4 rings (SSSR count). The standard InChI is InChI=1S/C24H24ClFN6O2S/c1-14(12-27)30-24(33)15(2)34-21-9-16(25)5-6-19(21)31-23-22-18(26)10-17(11-20(22)28-13-29-23)32-35(3)7-4-8-35/h5-6,9-11,13-15H,3-4,7-8H2,1-2H3,(H,30,33)(H,28,29,31)/t14-,15+/m0/s1. The van der Waals surface area contributed by atoms with Gasteiger partial charge in [-0.25, -0.2) is 18.7 Å². The highest BCUT2D eigenvalue weighted by molar-refractivity contribution is 8.03. The Morgan fingerprint density at radius 3 is 2.77 bits per heavy atom. The van der Waals surface area contributed by atoms with E-state index in [4.69, 9.17) is 21.6 Å². The molecule has 0 unspecified atom stereocenters. The number of halogens is 2. The van der Waals surface area contributed by atoms with E-state index in [1.54, 1.807) is 32.0 Å². The van der Waals surface area contributed by atoms with E-state index in [1.165, 1.54) is 18.5 Å². The lowest BCUT2D eigenvalue weighted by Crippen LogP contribution is -2.40. The normalized spacial score (nSPS) is 15.9. The monoisotopic (exact) mass is 514 g/mol. The third kappa shape index (κ3) is 5.63. The molecule has 0 radical (unpaired) electrons. The van der Waals surface area contributed by atoms with Crippen LogP contribution in [-0.2, 0) is 14.2 Å². The molecule has 0 bridgehead atoms. The predicted molar refractivity (Wildman–Crippen MR) is 138 cm³/mol. The van der Waals surface area contributed by atoms with Crippen LogP contribution in [0.1, 0.15) is 20.3 Å². The number of benzene rings is 2. The Balaban J connectivity index is 1.65. The van der Waals surface area contributed by atoms with Crippen LogP contribution in [0.3, 0.4) is 0 Å². The van der Waals surface area contributed by atoms with E-state index in [0.717, 1.165) is 17.9 Å². The maximum absolute atomic E-state index is 15.2. The number of amides is 1. The number of rotatable bonds is 7. The Kier molecular flexibility index (Phi) is 7.10. The van der Waals surface area contributed by atoms with Crippen molar-refractivity contribution in [3.05, 3.63) is 47.5 Å². The average molecular weight is 515 g/mol. The fourth-order valence-corrected chi connectivity index (χ4v) is 5.35. The summed E-state index contributed by atoms with van der Waals surface area (Å²) in [5, 5.41) is 15.1. The molecule has 8 nitrogen and oxygen atoms in total. The first-order valence-electron chi connectivity index (χ1n) is 10.9. The molecule has 0 aliphatic carbocycles. The molecule has 2 heterocycles. The molecular weight excluding hydrogens is 491 g/mol. The average Bonchev–Trinajstić information content (AvgIpc) is 2.79. The molecule has 3 aromatic rings. The summed E-state index contributed by atoms with van der Waals surface area (Å²) in [5.74, 6) is 5.62. The van der Waals surface area contributed by atoms with E-state index in [9.17, 15) is 4.79 Å². The van der Waals surface area contributed by atoms with Crippen molar-refractivity contribution < 1.29 is 13.9 Å². The van der Waals surface area contributed by atoms with Gasteiger partial charge in [0.05, 0.1) is 28.3 Å². The Morgan fingerprint density at radius 2 is 2.09 bits per heavy atom. The van der Waals surface area contributed by atoms with Gasteiger partial charge in [-0.3, -0.25) is 4.79 Å². The first kappa shape index (κ1) is 24.7. The van der Waals surface area contributed by atoms with Crippen molar-refractivity contribution in [2.24, 2.45) is 4.36 Å². The second-order valence-electron chi connectivity index (χ2n) is 8.28. The lowest BCUT2D eigenvalue weighted by atomic mass is 10.2. The van der Waals surface area contributed by atoms with Gasteiger partial charge in [-0.15, -0.1) is 9.41 Å². The summed E-state index contributed by atoms with van der Waals surface area (Å²) < 4.78 is 25.7. The summed E-state index contributed by atoms with van der Waals surface area (Å²) in [4.78, 5) is 20.8. The highest BCUT2D eigenvalue weighted by Crippen LogP contribution is 2.35. The predicted octanol–water partition coefficient (Wildman–Crippen LogP) is 4.77. The second kappa shape index (κ2) is 10.1. The fourth-order valence-electron chi connectivity index (χ4n) is 3.50. The number of hydrogen-bond donors (Lipinski definition) is 2. The molecule has 0 spiro atoms. The number of carbonyl (C=O) groups is 1. The summed E-state index contributed by atoms with van der Waals surface area (Å²) in [6.07, 6.45) is 1.51. The largest absolute Gasteiger partial charge is 0.479 e. The van der Waals surface area contributed by atoms with Gasteiger partial charge in [0.25, 0.3) is 5.91 Å². The fraction of sp³-hybridized carbons (Fsp3) is 0.292. The van der Waals surface area contributed by atoms with Crippen LogP contribution in [0, 0.1) is 17.1 Å². The molecule has 35 heavy (non-hydrogen) atoms. The van der Waals surface area contributed by atoms with Gasteiger partial charge in [-0.1, -0.05) is 17.5 Å². The molecule has 1 aromatic heterocycles. The highest BCUT2D eigenvalue weighted by atomic mass is 35.5. The molecule has 1 fully saturated rings. The van der Waals surface area contributed by atoms with Crippen molar-refractivity contribution in [3.63, 3.8) is 0 Å². The van der Waals surface area contributed by atoms with Crippen molar-refractivity contribution in [2.75, 3.05) is 16.8 Å². The van der Waals surface area contributed by atoms with Crippen molar-refractivity contribution in [1.29, 1.82) is 5.26 Å². The Morgan fingerprint density at radius 1 is 1.31 bits per heavy atom. The van der Waals surface area contributed by atoms with Gasteiger partial charge in [-0.2, -0.15) is 5.26 Å². The number of fused-ring (bicyclic) bond motifs is 1. The molecule has 0 saturated carbocycles. The van der Waals surface area contributed by atoms with Crippen molar-refractivity contribution >= 4 is 60.9 Å². The van der Waals surface area contributed by atoms with Crippen molar-refractivity contribution in [3.8, 4) is 11.8 Å². The van der Waals surface area contributed by atoms with Crippen LogP contribution in [0.2, 0.25) is 5.02 Å². The van der Waals surface area contributed by atoms with Gasteiger partial charge >= 0.3 is 0 Å². The SMILES string of the molecule is C=S1(=Nc2cc(F)c3c(Nc4ccc(Cl)cc4O[C@H](C)C(=O)N[C@@H](C)C#N)ncnc3c2)CCC1. The topological polar surface area (TPSA) is 112 Å². The van der Waals surface area contributed by atoms with Crippen molar-refractivity contribution in [1.82, 2.24) is 15.3 Å². The number of nitriles is 1. The number of ether oxygens (including phenoxy) is 1. The van der Waals surface area contributed by atoms with Crippen LogP contribution in [-0.4, -0.2) is 45.4 Å². The van der Waals surface area contributed by atoms with Gasteiger partial charge in [0, 0.05) is 17.2 Å². The summed E-state index contributed by atoms with van der Waals surface area (Å²) in [6, 6.07) is 9.17. The summed E-state index contributed by atoms with van der Waals surface area (Å²) in [5.41, 5.74) is 1.34. The number of aromatic nitrogens is 2. The zero-order valence-corrected chi connectivity index (χ0v) is 20.8. The van der Waals surface area contributed by atoms with Crippen LogP contribution in [0.15, 0.2) is 41.0 Å². The zero-order valence-electron chi connectivity index (χ0n) is 19.2. The lowest BCUT2D eigenvalue weighted by molar-refractivity contribution is -0.127. The van der Waals surface area contributed by atoms with Crippen molar-refractivity contribution in [2.45, 2.75) is 32.4 Å². The van der Waals surface area contributed by atoms with Gasteiger partial charge < -0.3 is 15.4 Å². The van der Waals surface area contributed by atoms with E-state index in [0.29, 0.717) is 21.9 Å². The molecule has 2 N–H and O–H groups in total. The third-order valence-electron chi connectivity index (χ3n) is 5.44. The summed E-state index contributed by atoms with van der Waals surface area (Å²) in [7, 11) is -1.30. The zero-order chi connectivity index (χ0) is 25.2. The van der Waals surface area contributed by atoms with Crippen LogP contribution in [0.25, 0.3) is 10.9 Å². The van der Waals surface area contributed by atoms with E-state index in [-0.39, 0.29) is 17.0 Å². The van der Waals surface area contributed by atoms with Crippen LogP contribution in [0.4, 0.5) is 21.6 Å². The molecule has 1 amide bonds. The number of nitrogens with zero attached hydrogens (tertiary/aromatic N) is 4. The minimum Gasteiger partial charge on any atom is -0.479 e. The number of carbonyl (C=O) groups excluding carboxylic acids is 1. The van der Waals surface area contributed by atoms with Crippen LogP contribution in [0.5, 0.6) is 5.75 Å². The second-order valence-corrected chi connectivity index (χ2v) is 11.7. The molecule has 2 aromatic carbocycles. The lowest BCUT2D eigenvalue weighted by Gasteiger charge is -2.24. The minimum absolute atomic E-state index is 0.197. The maximum atomic E-state index is 15.2. The highest BCUT2D eigenvalue weighted by Gasteiger charge is 2.20. The van der Waals surface area contributed by atoms with E-state index in [2.05, 4.69) is 30.8 Å². The first-order chi connectivity index (χ1) is 16.7. The van der Waals surface area contributed by atoms with Gasteiger partial charge in [0.1, 0.15) is 29.8 Å². The number of hydrogen-bond acceptors (Lipinski definition) is 7. The molecule has 1 aliphatic heterocycles. The van der Waals surface area contributed by atoms with Crippen LogP contribution < -0.4 is 15.4 Å². The molecular formula is C24H24ClFN6O2S. The maximum Gasteiger partial charge on any atom is 0.261 e.